The summed E-state index contributed by atoms with van der Waals surface area (Å²) in [4.78, 5) is 24.1. The molecule has 0 fully saturated rings. The number of para-hydroxylation sites is 2. The number of rotatable bonds is 7. The van der Waals surface area contributed by atoms with Gasteiger partial charge >= 0.3 is 0 Å². The lowest BCUT2D eigenvalue weighted by atomic mass is 10.1. The van der Waals surface area contributed by atoms with Gasteiger partial charge in [-0.05, 0) is 36.2 Å². The number of nitro benzene ring substituents is 1. The molecule has 0 saturated carbocycles. The Balaban J connectivity index is 1.50. The van der Waals surface area contributed by atoms with E-state index in [1.54, 1.807) is 19.1 Å². The first-order valence-electron chi connectivity index (χ1n) is 10.2. The second-order valence-corrected chi connectivity index (χ2v) is 7.52. The number of aryl methyl sites for hydroxylation is 1. The van der Waals surface area contributed by atoms with Gasteiger partial charge in [-0.25, -0.2) is 0 Å². The Labute approximate surface area is 185 Å². The zero-order valence-corrected chi connectivity index (χ0v) is 17.5. The predicted octanol–water partition coefficient (Wildman–Crippen LogP) is 4.01. The summed E-state index contributed by atoms with van der Waals surface area (Å²) >= 11 is 0. The largest absolute Gasteiger partial charge is 0.486 e. The molecular formula is C24H23N3O5. The molecule has 0 aromatic heterocycles. The van der Waals surface area contributed by atoms with Gasteiger partial charge in [0.25, 0.3) is 5.69 Å². The molecule has 8 nitrogen and oxygen atoms in total. The molecule has 8 heteroatoms. The number of carbonyl (C=O) groups excluding carboxylic acids is 1. The molecule has 0 spiro atoms. The normalized spacial score (nSPS) is 15.6. The molecule has 164 valence electrons. The topological polar surface area (TPSA) is 103 Å². The molecule has 2 N–H and O–H groups in total. The highest BCUT2D eigenvalue weighted by molar-refractivity contribution is 5.97. The van der Waals surface area contributed by atoms with Crippen molar-refractivity contribution in [2.24, 2.45) is 0 Å². The number of ether oxygens (including phenoxy) is 2. The minimum atomic E-state index is -0.738. The van der Waals surface area contributed by atoms with Gasteiger partial charge in [0.1, 0.15) is 24.4 Å². The van der Waals surface area contributed by atoms with E-state index >= 15 is 0 Å². The highest BCUT2D eigenvalue weighted by atomic mass is 16.6. The fourth-order valence-electron chi connectivity index (χ4n) is 3.52. The van der Waals surface area contributed by atoms with Crippen molar-refractivity contribution in [3.63, 3.8) is 0 Å². The van der Waals surface area contributed by atoms with Crippen LogP contribution in [0.5, 0.6) is 11.5 Å². The van der Waals surface area contributed by atoms with Gasteiger partial charge in [0.2, 0.25) is 5.91 Å². The van der Waals surface area contributed by atoms with Crippen molar-refractivity contribution in [2.45, 2.75) is 19.1 Å². The summed E-state index contributed by atoms with van der Waals surface area (Å²) in [5.41, 5.74) is 1.48. The van der Waals surface area contributed by atoms with E-state index in [9.17, 15) is 14.9 Å². The van der Waals surface area contributed by atoms with Crippen molar-refractivity contribution >= 4 is 17.3 Å². The van der Waals surface area contributed by atoms with Crippen LogP contribution in [-0.2, 0) is 4.79 Å². The molecule has 0 bridgehead atoms. The highest BCUT2D eigenvalue weighted by Gasteiger charge is 2.27. The van der Waals surface area contributed by atoms with Crippen molar-refractivity contribution in [1.82, 2.24) is 5.32 Å². The van der Waals surface area contributed by atoms with Crippen molar-refractivity contribution < 1.29 is 19.2 Å². The van der Waals surface area contributed by atoms with Gasteiger partial charge in [-0.3, -0.25) is 20.2 Å². The van der Waals surface area contributed by atoms with Crippen LogP contribution in [0.2, 0.25) is 0 Å². The number of nitrogens with one attached hydrogen (secondary N) is 2. The van der Waals surface area contributed by atoms with Crippen LogP contribution in [0.15, 0.2) is 72.8 Å². The third kappa shape index (κ3) is 4.87. The van der Waals surface area contributed by atoms with E-state index in [4.69, 9.17) is 9.47 Å². The number of anilines is 1. The number of benzene rings is 3. The first-order valence-corrected chi connectivity index (χ1v) is 10.2. The third-order valence-corrected chi connectivity index (χ3v) is 5.12. The standard InChI is InChI=1S/C24H23N3O5/c1-16-11-12-19(20(13-16)27(29)30)26-24(28)23(17-7-3-2-4-8-17)25-14-18-15-31-21-9-5-6-10-22(21)32-18/h2-13,18,23,25H,14-15H2,1H3,(H,26,28)/t18-,23+/m1/s1. The minimum absolute atomic E-state index is 0.147. The minimum Gasteiger partial charge on any atom is -0.486 e. The second-order valence-electron chi connectivity index (χ2n) is 7.52. The third-order valence-electron chi connectivity index (χ3n) is 5.12. The lowest BCUT2D eigenvalue weighted by Gasteiger charge is -2.28. The van der Waals surface area contributed by atoms with Crippen LogP contribution >= 0.6 is 0 Å². The summed E-state index contributed by atoms with van der Waals surface area (Å²) in [6, 6.07) is 20.6. The van der Waals surface area contributed by atoms with E-state index < -0.39 is 16.9 Å². The molecule has 1 aliphatic rings. The summed E-state index contributed by atoms with van der Waals surface area (Å²) in [7, 11) is 0. The van der Waals surface area contributed by atoms with Gasteiger partial charge in [-0.2, -0.15) is 0 Å². The Morgan fingerprint density at radius 3 is 2.56 bits per heavy atom. The Hall–Kier alpha value is -3.91. The number of nitrogens with zero attached hydrogens (tertiary/aromatic N) is 1. The van der Waals surface area contributed by atoms with E-state index in [0.717, 1.165) is 11.1 Å². The van der Waals surface area contributed by atoms with Gasteiger partial charge < -0.3 is 14.8 Å². The summed E-state index contributed by atoms with van der Waals surface area (Å²) in [5.74, 6) is 0.939. The molecule has 3 aromatic rings. The van der Waals surface area contributed by atoms with Crippen LogP contribution in [0.25, 0.3) is 0 Å². The molecule has 0 saturated heterocycles. The number of fused-ring (bicyclic) bond motifs is 1. The van der Waals surface area contributed by atoms with Crippen LogP contribution < -0.4 is 20.1 Å². The second kappa shape index (κ2) is 9.49. The summed E-state index contributed by atoms with van der Waals surface area (Å²) in [6.07, 6.45) is -0.294. The Bertz CT molecular complexity index is 1120. The highest BCUT2D eigenvalue weighted by Crippen LogP contribution is 2.31. The maximum absolute atomic E-state index is 13.2. The average molecular weight is 433 g/mol. The van der Waals surface area contributed by atoms with Crippen LogP contribution in [0.3, 0.4) is 0 Å². The molecule has 0 unspecified atom stereocenters. The maximum atomic E-state index is 13.2. The van der Waals surface area contributed by atoms with Crippen LogP contribution in [0, 0.1) is 17.0 Å². The smallest absolute Gasteiger partial charge is 0.293 e. The SMILES string of the molecule is Cc1ccc(NC(=O)[C@@H](NC[C@@H]2COc3ccccc3O2)c2ccccc2)c([N+](=O)[O-])c1. The molecule has 3 aromatic carbocycles. The van der Waals surface area contributed by atoms with Crippen molar-refractivity contribution in [1.29, 1.82) is 0 Å². The van der Waals surface area contributed by atoms with Crippen LogP contribution in [-0.4, -0.2) is 30.1 Å². The molecule has 0 radical (unpaired) electrons. The first-order chi connectivity index (χ1) is 15.5. The van der Waals surface area contributed by atoms with E-state index in [-0.39, 0.29) is 17.5 Å². The molecule has 32 heavy (non-hydrogen) atoms. The molecule has 0 aliphatic carbocycles. The number of hydrogen-bond donors (Lipinski definition) is 2. The van der Waals surface area contributed by atoms with Crippen LogP contribution in [0.1, 0.15) is 17.2 Å². The number of hydrogen-bond acceptors (Lipinski definition) is 6. The molecular weight excluding hydrogens is 410 g/mol. The molecule has 2 atom stereocenters. The monoisotopic (exact) mass is 433 g/mol. The fraction of sp³-hybridized carbons (Fsp3) is 0.208. The zero-order chi connectivity index (χ0) is 22.5. The number of amides is 1. The summed E-state index contributed by atoms with van der Waals surface area (Å²) in [5, 5.41) is 17.4. The van der Waals surface area contributed by atoms with Crippen LogP contribution in [0.4, 0.5) is 11.4 Å². The van der Waals surface area contributed by atoms with Gasteiger partial charge in [-0.15, -0.1) is 0 Å². The molecule has 1 heterocycles. The zero-order valence-electron chi connectivity index (χ0n) is 17.5. The fourth-order valence-corrected chi connectivity index (χ4v) is 3.52. The number of carbonyl (C=O) groups is 1. The average Bonchev–Trinajstić information content (AvgIpc) is 2.81. The first kappa shape index (κ1) is 21.3. The van der Waals surface area contributed by atoms with Gasteiger partial charge in [0.05, 0.1) is 4.92 Å². The lowest BCUT2D eigenvalue weighted by molar-refractivity contribution is -0.384. The van der Waals surface area contributed by atoms with Crippen molar-refractivity contribution in [3.8, 4) is 11.5 Å². The Kier molecular flexibility index (Phi) is 6.32. The quantitative estimate of drug-likeness (QED) is 0.431. The van der Waals surface area contributed by atoms with Crippen molar-refractivity contribution in [2.75, 3.05) is 18.5 Å². The molecule has 4 rings (SSSR count). The number of nitro groups is 1. The van der Waals surface area contributed by atoms with E-state index in [2.05, 4.69) is 10.6 Å². The van der Waals surface area contributed by atoms with E-state index in [1.165, 1.54) is 6.07 Å². The van der Waals surface area contributed by atoms with E-state index in [1.807, 2.05) is 54.6 Å². The molecule has 1 amide bonds. The van der Waals surface area contributed by atoms with Gasteiger partial charge in [0.15, 0.2) is 11.5 Å². The Morgan fingerprint density at radius 2 is 1.81 bits per heavy atom. The Morgan fingerprint density at radius 1 is 1.09 bits per heavy atom. The summed E-state index contributed by atoms with van der Waals surface area (Å²) < 4.78 is 11.7. The molecule has 1 aliphatic heterocycles. The van der Waals surface area contributed by atoms with E-state index in [0.29, 0.717) is 24.7 Å². The predicted molar refractivity (Wildman–Crippen MR) is 120 cm³/mol. The van der Waals surface area contributed by atoms with Crippen molar-refractivity contribution in [3.05, 3.63) is 94.0 Å². The van der Waals surface area contributed by atoms with Gasteiger partial charge in [-0.1, -0.05) is 48.5 Å². The maximum Gasteiger partial charge on any atom is 0.293 e. The van der Waals surface area contributed by atoms with Gasteiger partial charge in [0, 0.05) is 12.6 Å². The lowest BCUT2D eigenvalue weighted by Crippen LogP contribution is -2.42. The summed E-state index contributed by atoms with van der Waals surface area (Å²) in [6.45, 7) is 2.45.